The molecule has 0 aliphatic heterocycles. The average molecular weight is 500 g/mol. The molecular formula is C15H17BrF3N5O4S. The second-order valence-electron chi connectivity index (χ2n) is 5.84. The Balaban J connectivity index is 2.53. The van der Waals surface area contributed by atoms with Gasteiger partial charge in [0.05, 0.1) is 23.8 Å². The molecule has 0 saturated carbocycles. The summed E-state index contributed by atoms with van der Waals surface area (Å²) in [4.78, 5) is 6.89. The number of nitrogens with one attached hydrogen (secondary N) is 2. The number of hydrogen-bond donors (Lipinski definition) is 4. The third-order valence-corrected chi connectivity index (χ3v) is 5.09. The molecule has 0 unspecified atom stereocenters. The standard InChI is InChI=1S/C15H17BrF3N5O4S/c1-7(6-25)22-13-10(16)5-21-14(24-13)23-8-3-9(15(17,18)19)12(29(20,26)27)11(4-8)28-2/h3-5,7,25H,6H2,1-2H3,(H2,20,26,27)(H2,21,22,23,24)/t7-/m1/s1. The van der Waals surface area contributed by atoms with Crippen LogP contribution in [0.5, 0.6) is 5.75 Å². The molecule has 0 amide bonds. The topological polar surface area (TPSA) is 139 Å². The highest BCUT2D eigenvalue weighted by Crippen LogP contribution is 2.41. The summed E-state index contributed by atoms with van der Waals surface area (Å²) in [5.74, 6) is -0.387. The number of aromatic nitrogens is 2. The van der Waals surface area contributed by atoms with E-state index in [0.717, 1.165) is 13.2 Å². The van der Waals surface area contributed by atoms with Gasteiger partial charge in [0.2, 0.25) is 16.0 Å². The van der Waals surface area contributed by atoms with Crippen molar-refractivity contribution in [2.75, 3.05) is 24.4 Å². The van der Waals surface area contributed by atoms with E-state index in [2.05, 4.69) is 36.5 Å². The number of aliphatic hydroxyl groups is 1. The number of primary sulfonamides is 1. The Labute approximate surface area is 172 Å². The SMILES string of the molecule is COc1cc(Nc2ncc(Br)c(N[C@H](C)CO)n2)cc(C(F)(F)F)c1S(N)(=O)=O. The monoisotopic (exact) mass is 499 g/mol. The fraction of sp³-hybridized carbons (Fsp3) is 0.333. The first-order chi connectivity index (χ1) is 13.4. The molecule has 5 N–H and O–H groups in total. The summed E-state index contributed by atoms with van der Waals surface area (Å²) in [5, 5.41) is 19.5. The number of anilines is 3. The van der Waals surface area contributed by atoms with Crippen LogP contribution >= 0.6 is 15.9 Å². The van der Waals surface area contributed by atoms with Crippen LogP contribution in [0.15, 0.2) is 27.7 Å². The Morgan fingerprint density at radius 1 is 1.38 bits per heavy atom. The molecule has 2 rings (SSSR count). The van der Waals surface area contributed by atoms with Crippen molar-refractivity contribution in [3.05, 3.63) is 28.4 Å². The molecule has 0 aliphatic rings. The van der Waals surface area contributed by atoms with Crippen molar-refractivity contribution in [2.45, 2.75) is 24.0 Å². The van der Waals surface area contributed by atoms with Gasteiger partial charge in [0.15, 0.2) is 0 Å². The molecule has 0 bridgehead atoms. The Morgan fingerprint density at radius 2 is 2.03 bits per heavy atom. The Kier molecular flexibility index (Phi) is 6.93. The first-order valence-corrected chi connectivity index (χ1v) is 10.2. The lowest BCUT2D eigenvalue weighted by Crippen LogP contribution is -2.21. The van der Waals surface area contributed by atoms with Gasteiger partial charge in [-0.25, -0.2) is 18.5 Å². The number of nitrogens with two attached hydrogens (primary N) is 1. The van der Waals surface area contributed by atoms with E-state index in [1.807, 2.05) is 0 Å². The summed E-state index contributed by atoms with van der Waals surface area (Å²) < 4.78 is 68.9. The highest BCUT2D eigenvalue weighted by molar-refractivity contribution is 9.10. The molecular weight excluding hydrogens is 483 g/mol. The van der Waals surface area contributed by atoms with Crippen molar-refractivity contribution in [1.29, 1.82) is 0 Å². The maximum Gasteiger partial charge on any atom is 0.417 e. The van der Waals surface area contributed by atoms with Gasteiger partial charge in [0, 0.05) is 24.0 Å². The molecule has 1 aromatic carbocycles. The van der Waals surface area contributed by atoms with Gasteiger partial charge in [-0.3, -0.25) is 0 Å². The molecule has 1 atom stereocenters. The predicted octanol–water partition coefficient (Wildman–Crippen LogP) is 2.45. The molecule has 0 saturated heterocycles. The van der Waals surface area contributed by atoms with Crippen molar-refractivity contribution in [1.82, 2.24) is 9.97 Å². The van der Waals surface area contributed by atoms with Crippen molar-refractivity contribution < 1.29 is 31.4 Å². The maximum absolute atomic E-state index is 13.4. The fourth-order valence-corrected chi connectivity index (χ4v) is 3.48. The lowest BCUT2D eigenvalue weighted by molar-refractivity contribution is -0.140. The number of benzene rings is 1. The van der Waals surface area contributed by atoms with Crippen LogP contribution in [0, 0.1) is 0 Å². The molecule has 1 aromatic heterocycles. The number of methoxy groups -OCH3 is 1. The van der Waals surface area contributed by atoms with Crippen LogP contribution in [-0.2, 0) is 16.2 Å². The summed E-state index contributed by atoms with van der Waals surface area (Å²) in [6.45, 7) is 1.51. The molecule has 0 radical (unpaired) electrons. The van der Waals surface area contributed by atoms with Gasteiger partial charge in [-0.2, -0.15) is 18.2 Å². The molecule has 2 aromatic rings. The van der Waals surface area contributed by atoms with E-state index in [0.29, 0.717) is 10.5 Å². The number of rotatable bonds is 7. The van der Waals surface area contributed by atoms with Gasteiger partial charge >= 0.3 is 6.18 Å². The van der Waals surface area contributed by atoms with Crippen molar-refractivity contribution in [3.8, 4) is 5.75 Å². The molecule has 1 heterocycles. The van der Waals surface area contributed by atoms with E-state index in [4.69, 9.17) is 15.0 Å². The highest BCUT2D eigenvalue weighted by Gasteiger charge is 2.39. The van der Waals surface area contributed by atoms with E-state index in [1.165, 1.54) is 6.20 Å². The third-order valence-electron chi connectivity index (χ3n) is 3.52. The van der Waals surface area contributed by atoms with Crippen molar-refractivity contribution in [3.63, 3.8) is 0 Å². The highest BCUT2D eigenvalue weighted by atomic mass is 79.9. The van der Waals surface area contributed by atoms with Gasteiger partial charge < -0.3 is 20.5 Å². The van der Waals surface area contributed by atoms with Crippen LogP contribution in [0.3, 0.4) is 0 Å². The second-order valence-corrected chi connectivity index (χ2v) is 8.19. The summed E-state index contributed by atoms with van der Waals surface area (Å²) >= 11 is 3.22. The largest absolute Gasteiger partial charge is 0.495 e. The summed E-state index contributed by atoms with van der Waals surface area (Å²) in [5.41, 5.74) is -1.67. The normalized spacial score (nSPS) is 13.1. The first-order valence-electron chi connectivity index (χ1n) is 7.85. The van der Waals surface area contributed by atoms with E-state index < -0.39 is 32.4 Å². The van der Waals surface area contributed by atoms with Gasteiger partial charge in [0.1, 0.15) is 16.5 Å². The molecule has 29 heavy (non-hydrogen) atoms. The number of sulfonamides is 1. The van der Waals surface area contributed by atoms with Crippen LogP contribution in [-0.4, -0.2) is 43.3 Å². The molecule has 0 spiro atoms. The minimum atomic E-state index is -5.02. The summed E-state index contributed by atoms with van der Waals surface area (Å²) in [7, 11) is -3.71. The van der Waals surface area contributed by atoms with Gasteiger partial charge in [-0.1, -0.05) is 0 Å². The number of aliphatic hydroxyl groups excluding tert-OH is 1. The number of ether oxygens (including phenoxy) is 1. The second kappa shape index (κ2) is 8.69. The zero-order chi connectivity index (χ0) is 22.0. The smallest absolute Gasteiger partial charge is 0.417 e. The van der Waals surface area contributed by atoms with E-state index in [1.54, 1.807) is 6.92 Å². The Hall–Kier alpha value is -2.16. The first kappa shape index (κ1) is 23.1. The third kappa shape index (κ3) is 5.68. The molecule has 0 fully saturated rings. The van der Waals surface area contributed by atoms with Gasteiger partial charge in [-0.05, 0) is 28.9 Å². The number of nitrogens with zero attached hydrogens (tertiary/aromatic N) is 2. The summed E-state index contributed by atoms with van der Waals surface area (Å²) in [6, 6.07) is 1.25. The predicted molar refractivity (Wildman–Crippen MR) is 103 cm³/mol. The van der Waals surface area contributed by atoms with E-state index in [-0.39, 0.29) is 30.1 Å². The van der Waals surface area contributed by atoms with Crippen molar-refractivity contribution in [2.24, 2.45) is 5.14 Å². The average Bonchev–Trinajstić information content (AvgIpc) is 2.61. The zero-order valence-corrected chi connectivity index (χ0v) is 17.5. The quantitative estimate of drug-likeness (QED) is 0.455. The Bertz CT molecular complexity index is 1000. The number of alkyl halides is 3. The number of halogens is 4. The minimum absolute atomic E-state index is 0.0839. The van der Waals surface area contributed by atoms with Crippen LogP contribution in [0.4, 0.5) is 30.6 Å². The number of hydrogen-bond acceptors (Lipinski definition) is 8. The fourth-order valence-electron chi connectivity index (χ4n) is 2.27. The van der Waals surface area contributed by atoms with E-state index in [9.17, 15) is 21.6 Å². The Morgan fingerprint density at radius 3 is 2.55 bits per heavy atom. The summed E-state index contributed by atoms with van der Waals surface area (Å²) in [6.07, 6.45) is -3.67. The minimum Gasteiger partial charge on any atom is -0.495 e. The van der Waals surface area contributed by atoms with Crippen LogP contribution < -0.4 is 20.5 Å². The van der Waals surface area contributed by atoms with E-state index >= 15 is 0 Å². The van der Waals surface area contributed by atoms with Gasteiger partial charge in [-0.15, -0.1) is 0 Å². The van der Waals surface area contributed by atoms with Crippen LogP contribution in [0.1, 0.15) is 12.5 Å². The van der Waals surface area contributed by atoms with Crippen molar-refractivity contribution >= 4 is 43.4 Å². The van der Waals surface area contributed by atoms with Crippen LogP contribution in [0.25, 0.3) is 0 Å². The zero-order valence-electron chi connectivity index (χ0n) is 15.1. The molecule has 9 nitrogen and oxygen atoms in total. The molecule has 14 heteroatoms. The maximum atomic E-state index is 13.4. The van der Waals surface area contributed by atoms with Gasteiger partial charge in [0.25, 0.3) is 0 Å². The lowest BCUT2D eigenvalue weighted by atomic mass is 10.1. The molecule has 0 aliphatic carbocycles. The van der Waals surface area contributed by atoms with Crippen LogP contribution in [0.2, 0.25) is 0 Å². The lowest BCUT2D eigenvalue weighted by Gasteiger charge is -2.18. The molecule has 160 valence electrons.